The van der Waals surface area contributed by atoms with Gasteiger partial charge in [0.25, 0.3) is 5.91 Å². The topological polar surface area (TPSA) is 88.7 Å². The Hall–Kier alpha value is -2.60. The third kappa shape index (κ3) is 2.49. The number of H-pyrrole nitrogens is 1. The van der Waals surface area contributed by atoms with Gasteiger partial charge in [0.15, 0.2) is 0 Å². The Morgan fingerprint density at radius 2 is 2.29 bits per heavy atom. The summed E-state index contributed by atoms with van der Waals surface area (Å²) in [4.78, 5) is 15.2. The minimum Gasteiger partial charge on any atom is -0.366 e. The Balaban J connectivity index is 1.89. The molecule has 0 bridgehead atoms. The number of hydrogen-bond acceptors (Lipinski definition) is 3. The van der Waals surface area contributed by atoms with Crippen molar-refractivity contribution in [3.05, 3.63) is 41.7 Å². The van der Waals surface area contributed by atoms with E-state index in [2.05, 4.69) is 27.5 Å². The molecule has 4 rings (SSSR count). The van der Waals surface area contributed by atoms with Crippen molar-refractivity contribution in [3.63, 3.8) is 0 Å². The van der Waals surface area contributed by atoms with Crippen molar-refractivity contribution in [1.29, 1.82) is 0 Å². The fourth-order valence-corrected chi connectivity index (χ4v) is 3.64. The molecular weight excluding hydrogens is 302 g/mol. The molecule has 6 heteroatoms. The highest BCUT2D eigenvalue weighted by Gasteiger charge is 2.21. The van der Waals surface area contributed by atoms with Crippen molar-refractivity contribution in [2.24, 2.45) is 12.8 Å². The summed E-state index contributed by atoms with van der Waals surface area (Å²) in [6.07, 6.45) is 6.10. The van der Waals surface area contributed by atoms with Crippen LogP contribution in [0.2, 0.25) is 0 Å². The smallest absolute Gasteiger partial charge is 0.250 e. The van der Waals surface area contributed by atoms with Crippen LogP contribution in [0.5, 0.6) is 0 Å². The molecule has 0 unspecified atom stereocenters. The lowest BCUT2D eigenvalue weighted by atomic mass is 9.88. The summed E-state index contributed by atoms with van der Waals surface area (Å²) in [5, 5.41) is 8.77. The normalized spacial score (nSPS) is 18.1. The van der Waals surface area contributed by atoms with Gasteiger partial charge >= 0.3 is 0 Å². The fourth-order valence-electron chi connectivity index (χ4n) is 3.64. The number of aryl methyl sites for hydroxylation is 1. The van der Waals surface area contributed by atoms with E-state index in [1.807, 2.05) is 25.5 Å². The first-order chi connectivity index (χ1) is 11.6. The SMILES string of the molecule is Cn1cc(-c2cc3c([C@H]4CCCNC4)ccc(C(N)=O)c3[nH]2)cn1. The molecular formula is C18H21N5O. The Morgan fingerprint density at radius 3 is 2.96 bits per heavy atom. The fraction of sp³-hybridized carbons (Fsp3) is 0.333. The summed E-state index contributed by atoms with van der Waals surface area (Å²) in [5.41, 5.74) is 10.2. The van der Waals surface area contributed by atoms with Gasteiger partial charge in [-0.2, -0.15) is 5.10 Å². The van der Waals surface area contributed by atoms with Crippen LogP contribution in [-0.4, -0.2) is 33.8 Å². The van der Waals surface area contributed by atoms with Gasteiger partial charge in [-0.05, 0) is 43.0 Å². The number of amides is 1. The molecule has 0 saturated carbocycles. The second-order valence-electron chi connectivity index (χ2n) is 6.48. The Kier molecular flexibility index (Phi) is 3.61. The zero-order chi connectivity index (χ0) is 16.7. The van der Waals surface area contributed by atoms with Crippen LogP contribution in [0, 0.1) is 0 Å². The molecule has 0 spiro atoms. The Labute approximate surface area is 140 Å². The number of fused-ring (bicyclic) bond motifs is 1. The zero-order valence-corrected chi connectivity index (χ0v) is 13.7. The van der Waals surface area contributed by atoms with Crippen molar-refractivity contribution in [2.45, 2.75) is 18.8 Å². The number of carbonyl (C=O) groups is 1. The number of piperidine rings is 1. The van der Waals surface area contributed by atoms with Gasteiger partial charge in [0.2, 0.25) is 0 Å². The summed E-state index contributed by atoms with van der Waals surface area (Å²) in [6.45, 7) is 2.05. The van der Waals surface area contributed by atoms with E-state index in [9.17, 15) is 4.79 Å². The number of aromatic nitrogens is 3. The molecule has 1 amide bonds. The standard InChI is InChI=1S/C18H21N5O/c1-23-10-12(9-21-23)16-7-15-13(11-3-2-6-20-8-11)4-5-14(18(19)24)17(15)22-16/h4-5,7,9-11,20,22H,2-3,6,8H2,1H3,(H2,19,24)/t11-/m0/s1. The molecule has 4 N–H and O–H groups in total. The molecule has 6 nitrogen and oxygen atoms in total. The average Bonchev–Trinajstić information content (AvgIpc) is 3.20. The lowest BCUT2D eigenvalue weighted by Gasteiger charge is -2.24. The van der Waals surface area contributed by atoms with Gasteiger partial charge in [-0.25, -0.2) is 0 Å². The van der Waals surface area contributed by atoms with Crippen LogP contribution < -0.4 is 11.1 Å². The summed E-state index contributed by atoms with van der Waals surface area (Å²) >= 11 is 0. The van der Waals surface area contributed by atoms with E-state index in [4.69, 9.17) is 5.73 Å². The van der Waals surface area contributed by atoms with Crippen molar-refractivity contribution in [2.75, 3.05) is 13.1 Å². The van der Waals surface area contributed by atoms with Gasteiger partial charge in [-0.15, -0.1) is 0 Å². The van der Waals surface area contributed by atoms with Crippen LogP contribution in [0.3, 0.4) is 0 Å². The number of carbonyl (C=O) groups excluding carboxylic acids is 1. The monoisotopic (exact) mass is 323 g/mol. The van der Waals surface area contributed by atoms with E-state index in [0.29, 0.717) is 11.5 Å². The first kappa shape index (κ1) is 15.0. The van der Waals surface area contributed by atoms with Gasteiger partial charge in [0.05, 0.1) is 17.3 Å². The molecule has 1 aromatic carbocycles. The van der Waals surface area contributed by atoms with Crippen LogP contribution in [-0.2, 0) is 7.05 Å². The van der Waals surface area contributed by atoms with E-state index in [1.54, 1.807) is 4.68 Å². The van der Waals surface area contributed by atoms with E-state index >= 15 is 0 Å². The molecule has 1 atom stereocenters. The molecule has 24 heavy (non-hydrogen) atoms. The number of hydrogen-bond donors (Lipinski definition) is 3. The average molecular weight is 323 g/mol. The van der Waals surface area contributed by atoms with Crippen molar-refractivity contribution < 1.29 is 4.79 Å². The third-order valence-electron chi connectivity index (χ3n) is 4.85. The molecule has 1 aliphatic rings. The van der Waals surface area contributed by atoms with Crippen LogP contribution in [0.25, 0.3) is 22.2 Å². The van der Waals surface area contributed by atoms with Crippen molar-refractivity contribution in [3.8, 4) is 11.3 Å². The number of nitrogens with zero attached hydrogens (tertiary/aromatic N) is 2. The summed E-state index contributed by atoms with van der Waals surface area (Å²) < 4.78 is 1.77. The first-order valence-corrected chi connectivity index (χ1v) is 8.28. The molecule has 2 aromatic heterocycles. The van der Waals surface area contributed by atoms with Gasteiger partial charge in [-0.1, -0.05) is 6.07 Å². The minimum absolute atomic E-state index is 0.409. The maximum absolute atomic E-state index is 11.8. The second-order valence-corrected chi connectivity index (χ2v) is 6.48. The highest BCUT2D eigenvalue weighted by Crippen LogP contribution is 2.34. The van der Waals surface area contributed by atoms with Crippen molar-refractivity contribution in [1.82, 2.24) is 20.1 Å². The molecule has 3 aromatic rings. The Bertz CT molecular complexity index is 901. The van der Waals surface area contributed by atoms with Crippen LogP contribution >= 0.6 is 0 Å². The second kappa shape index (κ2) is 5.79. The number of benzene rings is 1. The largest absolute Gasteiger partial charge is 0.366 e. The molecule has 1 aliphatic heterocycles. The van der Waals surface area contributed by atoms with E-state index < -0.39 is 5.91 Å². The number of aromatic amines is 1. The molecule has 1 fully saturated rings. The molecule has 0 aliphatic carbocycles. The van der Waals surface area contributed by atoms with Crippen LogP contribution in [0.1, 0.15) is 34.7 Å². The van der Waals surface area contributed by atoms with Gasteiger partial charge in [-0.3, -0.25) is 9.48 Å². The number of nitrogens with one attached hydrogen (secondary N) is 2. The number of primary amides is 1. The zero-order valence-electron chi connectivity index (χ0n) is 13.7. The van der Waals surface area contributed by atoms with Crippen LogP contribution in [0.15, 0.2) is 30.6 Å². The molecule has 1 saturated heterocycles. The summed E-state index contributed by atoms with van der Waals surface area (Å²) in [7, 11) is 1.89. The maximum atomic E-state index is 11.8. The quantitative estimate of drug-likeness (QED) is 0.690. The highest BCUT2D eigenvalue weighted by atomic mass is 16.1. The minimum atomic E-state index is -0.409. The molecule has 3 heterocycles. The molecule has 0 radical (unpaired) electrons. The summed E-state index contributed by atoms with van der Waals surface area (Å²) in [6, 6.07) is 6.02. The lowest BCUT2D eigenvalue weighted by Crippen LogP contribution is -2.28. The van der Waals surface area contributed by atoms with Gasteiger partial charge < -0.3 is 16.0 Å². The lowest BCUT2D eigenvalue weighted by molar-refractivity contribution is 0.100. The highest BCUT2D eigenvalue weighted by molar-refractivity contribution is 6.07. The Morgan fingerprint density at radius 1 is 1.42 bits per heavy atom. The van der Waals surface area contributed by atoms with Gasteiger partial charge in [0.1, 0.15) is 0 Å². The predicted octanol–water partition coefficient (Wildman–Crippen LogP) is 2.13. The van der Waals surface area contributed by atoms with E-state index in [0.717, 1.165) is 41.7 Å². The van der Waals surface area contributed by atoms with Crippen LogP contribution in [0.4, 0.5) is 0 Å². The van der Waals surface area contributed by atoms with Gasteiger partial charge in [0, 0.05) is 36.4 Å². The van der Waals surface area contributed by atoms with E-state index in [1.165, 1.54) is 12.0 Å². The maximum Gasteiger partial charge on any atom is 0.250 e. The molecule has 124 valence electrons. The number of rotatable bonds is 3. The third-order valence-corrected chi connectivity index (χ3v) is 4.85. The first-order valence-electron chi connectivity index (χ1n) is 8.28. The number of nitrogens with two attached hydrogens (primary N) is 1. The predicted molar refractivity (Wildman–Crippen MR) is 93.9 cm³/mol. The van der Waals surface area contributed by atoms with Crippen molar-refractivity contribution >= 4 is 16.8 Å². The summed E-state index contributed by atoms with van der Waals surface area (Å²) in [5.74, 6) is 0.0497. The van der Waals surface area contributed by atoms with E-state index in [-0.39, 0.29) is 0 Å².